The van der Waals surface area contributed by atoms with Crippen molar-refractivity contribution in [3.8, 4) is 11.5 Å². The highest BCUT2D eigenvalue weighted by molar-refractivity contribution is 7.89. The van der Waals surface area contributed by atoms with Gasteiger partial charge in [-0.15, -0.1) is 5.10 Å². The number of anilines is 1. The summed E-state index contributed by atoms with van der Waals surface area (Å²) in [5.74, 6) is 0.0154. The van der Waals surface area contributed by atoms with Crippen LogP contribution in [0, 0.1) is 5.92 Å². The molecule has 1 aliphatic rings. The molecule has 1 saturated heterocycles. The number of aromatic nitrogens is 2. The number of piperidine rings is 1. The molecule has 1 atom stereocenters. The number of amides is 1. The summed E-state index contributed by atoms with van der Waals surface area (Å²) in [7, 11) is -3.58. The number of hydrogen-bond acceptors (Lipinski definition) is 6. The normalized spacial score (nSPS) is 17.4. The van der Waals surface area contributed by atoms with Crippen LogP contribution in [0.2, 0.25) is 5.02 Å². The molecule has 3 aromatic rings. The van der Waals surface area contributed by atoms with Gasteiger partial charge >= 0.3 is 6.01 Å². The van der Waals surface area contributed by atoms with Gasteiger partial charge in [-0.25, -0.2) is 8.42 Å². The first-order valence-corrected chi connectivity index (χ1v) is 11.7. The van der Waals surface area contributed by atoms with Crippen molar-refractivity contribution in [2.75, 3.05) is 18.4 Å². The van der Waals surface area contributed by atoms with E-state index < -0.39 is 15.9 Å². The Bertz CT molecular complexity index is 1190. The van der Waals surface area contributed by atoms with Crippen LogP contribution in [0.25, 0.3) is 11.5 Å². The molecule has 1 amide bonds. The lowest BCUT2D eigenvalue weighted by Crippen LogP contribution is -2.39. The first-order valence-electron chi connectivity index (χ1n) is 9.84. The molecule has 8 nitrogen and oxygen atoms in total. The molecule has 0 bridgehead atoms. The molecule has 0 saturated carbocycles. The molecule has 1 aromatic heterocycles. The first kappa shape index (κ1) is 21.5. The van der Waals surface area contributed by atoms with Gasteiger partial charge in [-0.05, 0) is 55.2 Å². The minimum Gasteiger partial charge on any atom is -0.403 e. The summed E-state index contributed by atoms with van der Waals surface area (Å²) >= 11 is 6.12. The van der Waals surface area contributed by atoms with E-state index in [-0.39, 0.29) is 22.4 Å². The minimum atomic E-state index is -3.58. The maximum absolute atomic E-state index is 12.9. The molecule has 0 aliphatic carbocycles. The summed E-state index contributed by atoms with van der Waals surface area (Å²) in [5.41, 5.74) is 0.821. The molecule has 0 radical (unpaired) electrons. The van der Waals surface area contributed by atoms with Gasteiger partial charge in [0.2, 0.25) is 10.0 Å². The van der Waals surface area contributed by atoms with Gasteiger partial charge in [-0.3, -0.25) is 10.1 Å². The van der Waals surface area contributed by atoms with Crippen LogP contribution >= 0.6 is 11.6 Å². The largest absolute Gasteiger partial charge is 0.403 e. The van der Waals surface area contributed by atoms with E-state index in [2.05, 4.69) is 15.5 Å². The van der Waals surface area contributed by atoms with Crippen molar-refractivity contribution in [2.45, 2.75) is 24.7 Å². The second kappa shape index (κ2) is 8.78. The van der Waals surface area contributed by atoms with Crippen molar-refractivity contribution in [1.82, 2.24) is 14.5 Å². The summed E-state index contributed by atoms with van der Waals surface area (Å²) in [4.78, 5) is 12.7. The minimum absolute atomic E-state index is 0.0843. The molecule has 1 N–H and O–H groups in total. The summed E-state index contributed by atoms with van der Waals surface area (Å²) in [5, 5.41) is 10.7. The van der Waals surface area contributed by atoms with Gasteiger partial charge in [0, 0.05) is 18.7 Å². The third kappa shape index (κ3) is 4.63. The Hall–Kier alpha value is -2.75. The van der Waals surface area contributed by atoms with E-state index in [1.165, 1.54) is 28.6 Å². The van der Waals surface area contributed by atoms with Gasteiger partial charge in [0.25, 0.3) is 11.8 Å². The lowest BCUT2D eigenvalue weighted by atomic mass is 10.0. The number of halogens is 1. The van der Waals surface area contributed by atoms with E-state index in [9.17, 15) is 13.2 Å². The number of rotatable bonds is 5. The fourth-order valence-corrected chi connectivity index (χ4v) is 5.29. The standard InChI is InChI=1S/C21H21ClN4O4S/c1-14-5-4-12-26(13-14)31(28,29)16-10-8-15(9-11-16)19(27)23-21-25-24-20(30-21)17-6-2-3-7-18(17)22/h2-3,6-11,14H,4-5,12-13H2,1H3,(H,23,25,27)/t14-/m1/s1. The highest BCUT2D eigenvalue weighted by Gasteiger charge is 2.28. The Balaban J connectivity index is 1.46. The van der Waals surface area contributed by atoms with Crippen molar-refractivity contribution >= 4 is 33.5 Å². The predicted octanol–water partition coefficient (Wildman–Crippen LogP) is 4.06. The zero-order chi connectivity index (χ0) is 22.0. The lowest BCUT2D eigenvalue weighted by Gasteiger charge is -2.30. The number of hydrogen-bond donors (Lipinski definition) is 1. The number of sulfonamides is 1. The average molecular weight is 461 g/mol. The number of carbonyl (C=O) groups is 1. The Morgan fingerprint density at radius 3 is 2.61 bits per heavy atom. The zero-order valence-corrected chi connectivity index (χ0v) is 18.4. The van der Waals surface area contributed by atoms with E-state index in [1.807, 2.05) is 6.92 Å². The molecule has 1 aliphatic heterocycles. The lowest BCUT2D eigenvalue weighted by molar-refractivity contribution is 0.102. The smallest absolute Gasteiger partial charge is 0.322 e. The van der Waals surface area contributed by atoms with Crippen LogP contribution in [0.5, 0.6) is 0 Å². The Morgan fingerprint density at radius 2 is 1.90 bits per heavy atom. The predicted molar refractivity (Wildman–Crippen MR) is 116 cm³/mol. The Morgan fingerprint density at radius 1 is 1.16 bits per heavy atom. The fraction of sp³-hybridized carbons (Fsp3) is 0.286. The van der Waals surface area contributed by atoms with Crippen LogP contribution in [-0.4, -0.2) is 41.9 Å². The molecule has 1 fully saturated rings. The van der Waals surface area contributed by atoms with Crippen LogP contribution in [0.1, 0.15) is 30.1 Å². The first-order chi connectivity index (χ1) is 14.8. The zero-order valence-electron chi connectivity index (χ0n) is 16.8. The molecular weight excluding hydrogens is 440 g/mol. The van der Waals surface area contributed by atoms with Crippen LogP contribution in [0.3, 0.4) is 0 Å². The molecular formula is C21H21ClN4O4S. The van der Waals surface area contributed by atoms with Gasteiger partial charge in [-0.1, -0.05) is 35.8 Å². The molecule has 0 spiro atoms. The van der Waals surface area contributed by atoms with Crippen LogP contribution in [-0.2, 0) is 10.0 Å². The monoisotopic (exact) mass is 460 g/mol. The van der Waals surface area contributed by atoms with Crippen molar-refractivity contribution in [3.05, 3.63) is 59.1 Å². The Labute approximate surface area is 185 Å². The Kier molecular flexibility index (Phi) is 6.08. The maximum atomic E-state index is 12.9. The molecule has 0 unspecified atom stereocenters. The number of nitrogens with one attached hydrogen (secondary N) is 1. The molecule has 2 aromatic carbocycles. The van der Waals surface area contributed by atoms with Crippen LogP contribution in [0.4, 0.5) is 6.01 Å². The van der Waals surface area contributed by atoms with Crippen LogP contribution < -0.4 is 5.32 Å². The third-order valence-corrected chi connectivity index (χ3v) is 7.33. The number of nitrogens with zero attached hydrogens (tertiary/aromatic N) is 3. The van der Waals surface area contributed by atoms with Gasteiger partial charge in [0.1, 0.15) is 0 Å². The summed E-state index contributed by atoms with van der Waals surface area (Å²) in [6.45, 7) is 3.07. The van der Waals surface area contributed by atoms with Gasteiger partial charge < -0.3 is 4.42 Å². The SMILES string of the molecule is C[C@@H]1CCCN(S(=O)(=O)c2ccc(C(=O)Nc3nnc(-c4ccccc4Cl)o3)cc2)C1. The second-order valence-electron chi connectivity index (χ2n) is 7.48. The number of carbonyl (C=O) groups excluding carboxylic acids is 1. The van der Waals surface area contributed by atoms with E-state index in [0.29, 0.717) is 29.6 Å². The molecule has 162 valence electrons. The van der Waals surface area contributed by atoms with Crippen LogP contribution in [0.15, 0.2) is 57.8 Å². The highest BCUT2D eigenvalue weighted by atomic mass is 35.5. The molecule has 2 heterocycles. The van der Waals surface area contributed by atoms with E-state index in [0.717, 1.165) is 12.8 Å². The van der Waals surface area contributed by atoms with E-state index >= 15 is 0 Å². The highest BCUT2D eigenvalue weighted by Crippen LogP contribution is 2.27. The van der Waals surface area contributed by atoms with Crippen molar-refractivity contribution in [2.24, 2.45) is 5.92 Å². The number of benzene rings is 2. The fourth-order valence-electron chi connectivity index (χ4n) is 3.48. The van der Waals surface area contributed by atoms with Gasteiger partial charge in [0.05, 0.1) is 15.5 Å². The quantitative estimate of drug-likeness (QED) is 0.615. The topological polar surface area (TPSA) is 105 Å². The molecule has 31 heavy (non-hydrogen) atoms. The average Bonchev–Trinajstić information content (AvgIpc) is 3.22. The maximum Gasteiger partial charge on any atom is 0.322 e. The summed E-state index contributed by atoms with van der Waals surface area (Å²) in [6.07, 6.45) is 1.88. The molecule has 10 heteroatoms. The van der Waals surface area contributed by atoms with Crippen molar-refractivity contribution in [3.63, 3.8) is 0 Å². The molecule has 4 rings (SSSR count). The van der Waals surface area contributed by atoms with E-state index in [4.69, 9.17) is 16.0 Å². The van der Waals surface area contributed by atoms with Crippen molar-refractivity contribution < 1.29 is 17.6 Å². The summed E-state index contributed by atoms with van der Waals surface area (Å²) < 4.78 is 32.7. The third-order valence-electron chi connectivity index (χ3n) is 5.12. The second-order valence-corrected chi connectivity index (χ2v) is 9.83. The van der Waals surface area contributed by atoms with E-state index in [1.54, 1.807) is 24.3 Å². The van der Waals surface area contributed by atoms with Crippen molar-refractivity contribution in [1.29, 1.82) is 0 Å². The van der Waals surface area contributed by atoms with Gasteiger partial charge in [-0.2, -0.15) is 4.31 Å². The van der Waals surface area contributed by atoms with Gasteiger partial charge in [0.15, 0.2) is 0 Å². The summed E-state index contributed by atoms with van der Waals surface area (Å²) in [6, 6.07) is 12.7.